The highest BCUT2D eigenvalue weighted by Gasteiger charge is 2.19. The topological polar surface area (TPSA) is 38.5 Å². The van der Waals surface area contributed by atoms with Gasteiger partial charge in [0.2, 0.25) is 0 Å². The van der Waals surface area contributed by atoms with Crippen LogP contribution >= 0.6 is 0 Å². The summed E-state index contributed by atoms with van der Waals surface area (Å²) in [6.45, 7) is 4.25. The molecule has 2 aromatic carbocycles. The van der Waals surface area contributed by atoms with Crippen LogP contribution in [0.5, 0.6) is 0 Å². The predicted octanol–water partition coefficient (Wildman–Crippen LogP) is 4.51. The van der Waals surface area contributed by atoms with Gasteiger partial charge in [-0.2, -0.15) is 0 Å². The molecule has 5 rings (SSSR count). The van der Waals surface area contributed by atoms with Crippen LogP contribution in [0.4, 0.5) is 0 Å². The number of aromatic nitrogens is 1. The van der Waals surface area contributed by atoms with Crippen molar-refractivity contribution in [2.75, 3.05) is 0 Å². The summed E-state index contributed by atoms with van der Waals surface area (Å²) in [5.74, 6) is 0.314. The molecule has 0 spiro atoms. The average molecular weight is 327 g/mol. The number of rotatable bonds is 2. The first-order valence-corrected chi connectivity index (χ1v) is 8.70. The fraction of sp³-hybridized carbons (Fsp3) is 0.182. The van der Waals surface area contributed by atoms with E-state index in [1.807, 2.05) is 36.4 Å². The standard InChI is InChI=1S/C22H17NO2/c1-3-12(2)13-8-16-20(24)10-18-14-6-4-5-7-15(14)19-11-21(25)17(9-13)22(16)23(18)19/h4-12H,3H2,1-2H3. The van der Waals surface area contributed by atoms with Crippen LogP contribution in [-0.2, 0) is 0 Å². The van der Waals surface area contributed by atoms with Crippen molar-refractivity contribution in [3.63, 3.8) is 0 Å². The summed E-state index contributed by atoms with van der Waals surface area (Å²) in [5, 5.41) is 3.31. The average Bonchev–Trinajstić information content (AvgIpc) is 2.94. The predicted molar refractivity (Wildman–Crippen MR) is 104 cm³/mol. The van der Waals surface area contributed by atoms with E-state index in [0.29, 0.717) is 16.7 Å². The van der Waals surface area contributed by atoms with Crippen molar-refractivity contribution in [1.29, 1.82) is 0 Å². The molecule has 1 unspecified atom stereocenters. The van der Waals surface area contributed by atoms with E-state index < -0.39 is 0 Å². The molecule has 0 aliphatic carbocycles. The zero-order chi connectivity index (χ0) is 17.3. The van der Waals surface area contributed by atoms with Crippen LogP contribution in [-0.4, -0.2) is 4.40 Å². The molecule has 3 nitrogen and oxygen atoms in total. The molecule has 3 aromatic heterocycles. The van der Waals surface area contributed by atoms with Gasteiger partial charge in [-0.1, -0.05) is 38.1 Å². The Bertz CT molecular complexity index is 1280. The second kappa shape index (κ2) is 4.79. The Morgan fingerprint density at radius 1 is 0.840 bits per heavy atom. The third-order valence-corrected chi connectivity index (χ3v) is 5.56. The highest BCUT2D eigenvalue weighted by atomic mass is 16.1. The lowest BCUT2D eigenvalue weighted by Gasteiger charge is -2.13. The molecule has 0 saturated heterocycles. The van der Waals surface area contributed by atoms with Crippen molar-refractivity contribution in [3.05, 3.63) is 74.5 Å². The Morgan fingerprint density at radius 3 is 1.84 bits per heavy atom. The van der Waals surface area contributed by atoms with Crippen LogP contribution in [0.3, 0.4) is 0 Å². The molecule has 5 aromatic rings. The van der Waals surface area contributed by atoms with Crippen LogP contribution in [0.15, 0.2) is 58.1 Å². The number of benzene rings is 2. The second-order valence-corrected chi connectivity index (χ2v) is 6.94. The highest BCUT2D eigenvalue weighted by Crippen LogP contribution is 2.33. The molecule has 0 fully saturated rings. The van der Waals surface area contributed by atoms with Gasteiger partial charge in [-0.05, 0) is 30.0 Å². The summed E-state index contributed by atoms with van der Waals surface area (Å²) >= 11 is 0. The summed E-state index contributed by atoms with van der Waals surface area (Å²) in [5.41, 5.74) is 3.54. The Hall–Kier alpha value is -2.94. The number of hydrogen-bond acceptors (Lipinski definition) is 2. The summed E-state index contributed by atoms with van der Waals surface area (Å²) in [7, 11) is 0. The zero-order valence-corrected chi connectivity index (χ0v) is 14.2. The van der Waals surface area contributed by atoms with E-state index in [2.05, 4.69) is 18.2 Å². The van der Waals surface area contributed by atoms with Gasteiger partial charge in [-0.3, -0.25) is 9.59 Å². The minimum atomic E-state index is -0.0154. The van der Waals surface area contributed by atoms with E-state index in [-0.39, 0.29) is 10.9 Å². The first-order valence-electron chi connectivity index (χ1n) is 8.70. The van der Waals surface area contributed by atoms with E-state index in [4.69, 9.17) is 0 Å². The van der Waals surface area contributed by atoms with Crippen molar-refractivity contribution < 1.29 is 0 Å². The number of fused-ring (bicyclic) bond motifs is 3. The van der Waals surface area contributed by atoms with Crippen molar-refractivity contribution in [3.8, 4) is 0 Å². The largest absolute Gasteiger partial charge is 0.307 e. The molecule has 3 heterocycles. The van der Waals surface area contributed by atoms with Crippen molar-refractivity contribution >= 4 is 38.1 Å². The van der Waals surface area contributed by atoms with Gasteiger partial charge >= 0.3 is 0 Å². The van der Waals surface area contributed by atoms with Crippen LogP contribution in [0.25, 0.3) is 38.1 Å². The van der Waals surface area contributed by atoms with Crippen LogP contribution < -0.4 is 10.9 Å². The Balaban J connectivity index is 2.14. The second-order valence-electron chi connectivity index (χ2n) is 6.94. The maximum atomic E-state index is 12.9. The molecule has 1 atom stereocenters. The first-order chi connectivity index (χ1) is 12.1. The van der Waals surface area contributed by atoms with Crippen molar-refractivity contribution in [2.45, 2.75) is 26.2 Å². The van der Waals surface area contributed by atoms with E-state index in [1.165, 1.54) is 0 Å². The maximum Gasteiger partial charge on any atom is 0.190 e. The van der Waals surface area contributed by atoms with Crippen LogP contribution in [0, 0.1) is 0 Å². The number of hydrogen-bond donors (Lipinski definition) is 0. The van der Waals surface area contributed by atoms with E-state index in [0.717, 1.165) is 39.3 Å². The molecular formula is C22H17NO2. The van der Waals surface area contributed by atoms with E-state index in [1.54, 1.807) is 12.1 Å². The lowest BCUT2D eigenvalue weighted by atomic mass is 9.94. The zero-order valence-electron chi connectivity index (χ0n) is 14.2. The van der Waals surface area contributed by atoms with Gasteiger partial charge in [0.15, 0.2) is 10.9 Å². The third-order valence-electron chi connectivity index (χ3n) is 5.56. The van der Waals surface area contributed by atoms with Crippen molar-refractivity contribution in [1.82, 2.24) is 4.40 Å². The van der Waals surface area contributed by atoms with Gasteiger partial charge in [-0.25, -0.2) is 0 Å². The molecule has 0 aliphatic heterocycles. The van der Waals surface area contributed by atoms with Crippen LogP contribution in [0.1, 0.15) is 31.7 Å². The fourth-order valence-corrected chi connectivity index (χ4v) is 4.02. The van der Waals surface area contributed by atoms with Gasteiger partial charge in [0.05, 0.1) is 16.6 Å². The normalized spacial score (nSPS) is 13.5. The van der Waals surface area contributed by atoms with Crippen molar-refractivity contribution in [2.24, 2.45) is 0 Å². The van der Waals surface area contributed by atoms with Gasteiger partial charge in [-0.15, -0.1) is 0 Å². The molecule has 0 amide bonds. The smallest absolute Gasteiger partial charge is 0.190 e. The Morgan fingerprint density at radius 2 is 1.36 bits per heavy atom. The monoisotopic (exact) mass is 327 g/mol. The number of pyridine rings is 2. The Kier molecular flexibility index (Phi) is 2.76. The first kappa shape index (κ1) is 14.4. The van der Waals surface area contributed by atoms with Crippen LogP contribution in [0.2, 0.25) is 0 Å². The summed E-state index contributed by atoms with van der Waals surface area (Å²) in [6, 6.07) is 15.3. The third kappa shape index (κ3) is 1.75. The maximum absolute atomic E-state index is 12.9. The van der Waals surface area contributed by atoms with Gasteiger partial charge in [0.1, 0.15) is 0 Å². The van der Waals surface area contributed by atoms with Gasteiger partial charge in [0.25, 0.3) is 0 Å². The van der Waals surface area contributed by atoms with Gasteiger partial charge < -0.3 is 4.40 Å². The summed E-state index contributed by atoms with van der Waals surface area (Å²) in [6.07, 6.45) is 0.970. The Labute approximate surface area is 143 Å². The molecule has 0 aliphatic rings. The van der Waals surface area contributed by atoms with E-state index in [9.17, 15) is 9.59 Å². The SMILES string of the molecule is CCC(C)c1cc2c(=O)cc3c4ccccc4c4cc(=O)c(c1)c2n34. The molecule has 3 heteroatoms. The lowest BCUT2D eigenvalue weighted by molar-refractivity contribution is 0.735. The lowest BCUT2D eigenvalue weighted by Crippen LogP contribution is -2.11. The minimum absolute atomic E-state index is 0.0154. The summed E-state index contributed by atoms with van der Waals surface area (Å²) < 4.78 is 2.08. The summed E-state index contributed by atoms with van der Waals surface area (Å²) in [4.78, 5) is 25.7. The molecule has 0 bridgehead atoms. The molecule has 0 N–H and O–H groups in total. The number of nitrogens with zero attached hydrogens (tertiary/aromatic N) is 1. The molecule has 0 radical (unpaired) electrons. The van der Waals surface area contributed by atoms with Gasteiger partial charge in [0, 0.05) is 33.7 Å². The fourth-order valence-electron chi connectivity index (χ4n) is 4.02. The molecular weight excluding hydrogens is 310 g/mol. The molecule has 0 saturated carbocycles. The minimum Gasteiger partial charge on any atom is -0.307 e. The quantitative estimate of drug-likeness (QED) is 0.478. The molecule has 25 heavy (non-hydrogen) atoms. The molecule has 122 valence electrons. The van der Waals surface area contributed by atoms with E-state index >= 15 is 0 Å². The highest BCUT2D eigenvalue weighted by molar-refractivity contribution is 6.13.